The largest absolute Gasteiger partial charge is 0.632 e. The summed E-state index contributed by atoms with van der Waals surface area (Å²) in [5.41, 5.74) is 10.1. The highest BCUT2D eigenvalue weighted by molar-refractivity contribution is 6.65. The third-order valence-electron chi connectivity index (χ3n) is 13.2. The third kappa shape index (κ3) is 7.86. The molecule has 13 heteroatoms. The van der Waals surface area contributed by atoms with Crippen molar-refractivity contribution in [3.8, 4) is 34.5 Å². The predicted octanol–water partition coefficient (Wildman–Crippen LogP) is 8.77. The summed E-state index contributed by atoms with van der Waals surface area (Å²) in [5.74, 6) is 4.14. The fourth-order valence-electron chi connectivity index (χ4n) is 9.95. The topological polar surface area (TPSA) is 79.4 Å². The smallest absolute Gasteiger partial charge is 0.519 e. The van der Waals surface area contributed by atoms with Crippen molar-refractivity contribution in [1.82, 2.24) is 0 Å². The Balaban J connectivity index is 1.08. The van der Waals surface area contributed by atoms with E-state index in [4.69, 9.17) is 27.9 Å². The van der Waals surface area contributed by atoms with Crippen LogP contribution in [-0.2, 0) is 16.2 Å². The molecule has 0 atom stereocenters. The minimum Gasteiger partial charge on any atom is -0.519 e. The highest BCUT2D eigenvalue weighted by Crippen LogP contribution is 2.50. The summed E-state index contributed by atoms with van der Waals surface area (Å²) in [6, 6.07) is 32.3. The van der Waals surface area contributed by atoms with Gasteiger partial charge in [0.2, 0.25) is 0 Å². The highest BCUT2D eigenvalue weighted by atomic mass is 16.6. The summed E-state index contributed by atoms with van der Waals surface area (Å²) < 4.78 is 40.1. The summed E-state index contributed by atoms with van der Waals surface area (Å²) in [7, 11) is 2.58. The molecular formula is C53H59B5N2O6. The van der Waals surface area contributed by atoms with Crippen LogP contribution >= 0.6 is 0 Å². The van der Waals surface area contributed by atoms with Gasteiger partial charge in [-0.25, -0.2) is 0 Å². The summed E-state index contributed by atoms with van der Waals surface area (Å²) in [6.07, 6.45) is 2.05. The first-order valence-corrected chi connectivity index (χ1v) is 23.8. The minimum absolute atomic E-state index is 0.0276. The van der Waals surface area contributed by atoms with Crippen molar-refractivity contribution in [3.63, 3.8) is 0 Å². The molecule has 0 spiro atoms. The lowest BCUT2D eigenvalue weighted by atomic mass is 9.75. The van der Waals surface area contributed by atoms with E-state index in [1.807, 2.05) is 0 Å². The van der Waals surface area contributed by atoms with E-state index in [9.17, 15) is 0 Å². The van der Waals surface area contributed by atoms with Crippen LogP contribution in [0.15, 0.2) is 91.0 Å². The van der Waals surface area contributed by atoms with Gasteiger partial charge in [-0.15, -0.1) is 0 Å². The van der Waals surface area contributed by atoms with Crippen LogP contribution in [-0.4, -0.2) is 50.1 Å². The van der Waals surface area contributed by atoms with Crippen LogP contribution in [0.5, 0.6) is 34.5 Å². The van der Waals surface area contributed by atoms with Gasteiger partial charge in [0.05, 0.1) is 0 Å². The Labute approximate surface area is 393 Å². The van der Waals surface area contributed by atoms with Crippen LogP contribution < -0.4 is 54.9 Å². The van der Waals surface area contributed by atoms with E-state index < -0.39 is 21.4 Å². The zero-order valence-electron chi connectivity index (χ0n) is 40.7. The van der Waals surface area contributed by atoms with Gasteiger partial charge in [-0.1, -0.05) is 117 Å². The molecule has 0 saturated carbocycles. The molecule has 3 heterocycles. The molecule has 8 nitrogen and oxygen atoms in total. The van der Waals surface area contributed by atoms with E-state index in [1.165, 1.54) is 22.3 Å². The predicted molar refractivity (Wildman–Crippen MR) is 283 cm³/mol. The molecule has 0 aromatic heterocycles. The molecule has 0 radical (unpaired) electrons. The van der Waals surface area contributed by atoms with Gasteiger partial charge in [-0.2, -0.15) is 0 Å². The van der Waals surface area contributed by atoms with Crippen LogP contribution in [0.4, 0.5) is 11.4 Å². The fraction of sp³-hybridized carbons (Fsp3) is 0.321. The molecule has 7 aromatic rings. The fourth-order valence-corrected chi connectivity index (χ4v) is 9.95. The van der Waals surface area contributed by atoms with Crippen molar-refractivity contribution in [2.24, 2.45) is 0 Å². The zero-order valence-corrected chi connectivity index (χ0v) is 40.7. The Bertz CT molecular complexity index is 2910. The van der Waals surface area contributed by atoms with Crippen LogP contribution in [0.2, 0.25) is 12.6 Å². The van der Waals surface area contributed by atoms with Crippen molar-refractivity contribution in [2.45, 2.75) is 98.1 Å². The van der Waals surface area contributed by atoms with Gasteiger partial charge in [0.1, 0.15) is 50.2 Å². The average Bonchev–Trinajstić information content (AvgIpc) is 4.01. The summed E-state index contributed by atoms with van der Waals surface area (Å²) >= 11 is 0. The van der Waals surface area contributed by atoms with E-state index in [2.05, 4.69) is 187 Å². The van der Waals surface area contributed by atoms with Crippen molar-refractivity contribution < 1.29 is 27.9 Å². The maximum atomic E-state index is 6.71. The number of fused-ring (bicyclic) bond motifs is 9. The monoisotopic (exact) mass is 874 g/mol. The van der Waals surface area contributed by atoms with Gasteiger partial charge < -0.3 is 38.6 Å². The molecule has 0 unspecified atom stereocenters. The number of hydrogen-bond donors (Lipinski definition) is 2. The van der Waals surface area contributed by atoms with Crippen molar-refractivity contribution in [3.05, 3.63) is 113 Å². The molecule has 332 valence electrons. The van der Waals surface area contributed by atoms with E-state index in [0.29, 0.717) is 34.5 Å². The number of anilines is 2. The lowest BCUT2D eigenvalue weighted by molar-refractivity contribution is 0.518. The standard InChI is InChI=1S/C53H59B5N2O6/c1-30-21-31(11-14-40(30)51(2,3)4)56-61-45-24-34-35(25-46(45)62-56)37-27-48-50(66-58(64-48)33-13-16-42(53(8,9)10)44(23-33)60-20-18-55)29-39(37)38-28-49-47(26-36(34)38)63-57(65-49)32-12-15-41(52(5,6)7)43(22-32)59-19-17-54/h11-16,21-29,59-60H,17-20,54-55H2,1-10H3. The lowest BCUT2D eigenvalue weighted by Gasteiger charge is -2.24. The van der Waals surface area contributed by atoms with Gasteiger partial charge in [0.25, 0.3) is 0 Å². The molecule has 3 aliphatic heterocycles. The van der Waals surface area contributed by atoms with Gasteiger partial charge in [0.15, 0.2) is 0 Å². The van der Waals surface area contributed by atoms with Crippen LogP contribution in [0.1, 0.15) is 84.6 Å². The second-order valence-electron chi connectivity index (χ2n) is 21.5. The van der Waals surface area contributed by atoms with Crippen molar-refractivity contribution in [2.75, 3.05) is 23.7 Å². The second kappa shape index (κ2) is 16.1. The summed E-state index contributed by atoms with van der Waals surface area (Å²) in [4.78, 5) is 0. The van der Waals surface area contributed by atoms with Gasteiger partial charge in [-0.05, 0) is 126 Å². The second-order valence-corrected chi connectivity index (χ2v) is 21.5. The van der Waals surface area contributed by atoms with Crippen molar-refractivity contribution >= 4 is 97.1 Å². The SMILES string of the molecule is BCCNc1cc(B2Oc3cc4c5cc6c(cc5c5cc7c(cc5c4cc3O2)OB(c2ccc(C(C)(C)C)c(NCCB)c2)O7)OB(c2ccc(C(C)(C)C)c(C)c2)O6)ccc1C(C)(C)C. The Morgan fingerprint density at radius 3 is 0.924 bits per heavy atom. The number of benzene rings is 7. The normalized spacial score (nSPS) is 14.3. The first kappa shape index (κ1) is 43.9. The summed E-state index contributed by atoms with van der Waals surface area (Å²) in [6.45, 7) is 24.1. The molecule has 2 N–H and O–H groups in total. The Morgan fingerprint density at radius 2 is 0.667 bits per heavy atom. The first-order chi connectivity index (χ1) is 31.4. The van der Waals surface area contributed by atoms with E-state index in [0.717, 1.165) is 85.8 Å². The molecule has 10 rings (SSSR count). The molecule has 0 aliphatic carbocycles. The Kier molecular flexibility index (Phi) is 10.7. The van der Waals surface area contributed by atoms with E-state index in [-0.39, 0.29) is 16.2 Å². The molecule has 66 heavy (non-hydrogen) atoms. The molecule has 0 fully saturated rings. The van der Waals surface area contributed by atoms with Gasteiger partial charge in [0, 0.05) is 40.9 Å². The Hall–Kier alpha value is -5.96. The Morgan fingerprint density at radius 1 is 0.394 bits per heavy atom. The maximum Gasteiger partial charge on any atom is 0.632 e. The quantitative estimate of drug-likeness (QED) is 0.110. The zero-order chi connectivity index (χ0) is 46.4. The van der Waals surface area contributed by atoms with Gasteiger partial charge >= 0.3 is 21.4 Å². The molecule has 3 aliphatic rings. The molecule has 0 saturated heterocycles. The lowest BCUT2D eigenvalue weighted by Crippen LogP contribution is -2.39. The molecule has 7 aromatic carbocycles. The van der Waals surface area contributed by atoms with Crippen LogP contribution in [0, 0.1) is 6.92 Å². The maximum absolute atomic E-state index is 6.71. The number of rotatable bonds is 9. The van der Waals surface area contributed by atoms with Crippen molar-refractivity contribution in [1.29, 1.82) is 0 Å². The molecule has 0 bridgehead atoms. The number of aryl methyl sites for hydroxylation is 1. The molecular weight excluding hydrogens is 815 g/mol. The van der Waals surface area contributed by atoms with Crippen LogP contribution in [0.25, 0.3) is 32.3 Å². The van der Waals surface area contributed by atoms with Gasteiger partial charge in [-0.3, -0.25) is 0 Å². The summed E-state index contributed by atoms with van der Waals surface area (Å²) in [5, 5.41) is 13.4. The highest BCUT2D eigenvalue weighted by Gasteiger charge is 2.40. The van der Waals surface area contributed by atoms with Crippen LogP contribution in [0.3, 0.4) is 0 Å². The van der Waals surface area contributed by atoms with E-state index in [1.54, 1.807) is 0 Å². The molecule has 0 amide bonds. The number of hydrogen-bond acceptors (Lipinski definition) is 8. The number of nitrogens with one attached hydrogen (secondary N) is 2. The third-order valence-corrected chi connectivity index (χ3v) is 13.2. The van der Waals surface area contributed by atoms with E-state index >= 15 is 0 Å². The minimum atomic E-state index is -0.608. The first-order valence-electron chi connectivity index (χ1n) is 23.8. The average molecular weight is 874 g/mol.